The molecule has 3 heteroatoms. The molecule has 1 N–H and O–H groups in total. The molecule has 0 aromatic heterocycles. The molecule has 0 spiro atoms. The van der Waals surface area contributed by atoms with Crippen molar-refractivity contribution < 1.29 is 9.94 Å². The van der Waals surface area contributed by atoms with Gasteiger partial charge in [0, 0.05) is 11.1 Å². The SMILES string of the molecule is CC1CCCC(Oc2cccc3c2CCC3=NO)C1. The second-order valence-corrected chi connectivity index (χ2v) is 5.84. The first kappa shape index (κ1) is 12.5. The minimum atomic E-state index is 0.352. The van der Waals surface area contributed by atoms with E-state index < -0.39 is 0 Å². The Labute approximate surface area is 114 Å². The van der Waals surface area contributed by atoms with E-state index in [1.807, 2.05) is 12.1 Å². The van der Waals surface area contributed by atoms with Crippen LogP contribution in [0.2, 0.25) is 0 Å². The number of hydrogen-bond donors (Lipinski definition) is 1. The number of fused-ring (bicyclic) bond motifs is 1. The number of hydrogen-bond acceptors (Lipinski definition) is 3. The number of ether oxygens (including phenoxy) is 1. The molecule has 0 heterocycles. The van der Waals surface area contributed by atoms with Gasteiger partial charge in [-0.3, -0.25) is 0 Å². The van der Waals surface area contributed by atoms with Gasteiger partial charge >= 0.3 is 0 Å². The largest absolute Gasteiger partial charge is 0.490 e. The Morgan fingerprint density at radius 2 is 2.16 bits per heavy atom. The first-order valence-electron chi connectivity index (χ1n) is 7.27. The average molecular weight is 259 g/mol. The van der Waals surface area contributed by atoms with Crippen molar-refractivity contribution in [3.05, 3.63) is 29.3 Å². The van der Waals surface area contributed by atoms with Gasteiger partial charge in [-0.1, -0.05) is 30.6 Å². The maximum atomic E-state index is 9.01. The van der Waals surface area contributed by atoms with Crippen LogP contribution >= 0.6 is 0 Å². The van der Waals surface area contributed by atoms with Crippen molar-refractivity contribution in [2.45, 2.75) is 51.6 Å². The lowest BCUT2D eigenvalue weighted by molar-refractivity contribution is 0.128. The molecular weight excluding hydrogens is 238 g/mol. The third-order valence-electron chi connectivity index (χ3n) is 4.36. The van der Waals surface area contributed by atoms with Crippen LogP contribution in [0, 0.1) is 5.92 Å². The zero-order valence-corrected chi connectivity index (χ0v) is 11.4. The molecule has 1 fully saturated rings. The molecule has 3 nitrogen and oxygen atoms in total. The third kappa shape index (κ3) is 2.46. The number of benzene rings is 1. The Bertz CT molecular complexity index is 496. The highest BCUT2D eigenvalue weighted by molar-refractivity contribution is 6.04. The molecule has 19 heavy (non-hydrogen) atoms. The number of nitrogens with zero attached hydrogens (tertiary/aromatic N) is 1. The molecule has 0 radical (unpaired) electrons. The van der Waals surface area contributed by atoms with Gasteiger partial charge in [-0.15, -0.1) is 0 Å². The number of oxime groups is 1. The molecule has 2 atom stereocenters. The molecule has 0 bridgehead atoms. The maximum Gasteiger partial charge on any atom is 0.123 e. The second-order valence-electron chi connectivity index (χ2n) is 5.84. The Kier molecular flexibility index (Phi) is 3.45. The Balaban J connectivity index is 1.81. The fourth-order valence-corrected chi connectivity index (χ4v) is 3.35. The van der Waals surface area contributed by atoms with Crippen molar-refractivity contribution in [2.24, 2.45) is 11.1 Å². The van der Waals surface area contributed by atoms with Gasteiger partial charge in [-0.05, 0) is 44.1 Å². The second kappa shape index (κ2) is 5.24. The van der Waals surface area contributed by atoms with Crippen LogP contribution in [0.5, 0.6) is 5.75 Å². The summed E-state index contributed by atoms with van der Waals surface area (Å²) in [6.07, 6.45) is 7.00. The van der Waals surface area contributed by atoms with Crippen molar-refractivity contribution in [2.75, 3.05) is 0 Å². The Morgan fingerprint density at radius 1 is 1.26 bits per heavy atom. The normalized spacial score (nSPS) is 28.4. The van der Waals surface area contributed by atoms with E-state index in [0.717, 1.165) is 48.6 Å². The van der Waals surface area contributed by atoms with E-state index in [1.54, 1.807) is 0 Å². The molecule has 2 unspecified atom stereocenters. The summed E-state index contributed by atoms with van der Waals surface area (Å²) in [5.41, 5.74) is 3.06. The van der Waals surface area contributed by atoms with Crippen molar-refractivity contribution >= 4 is 5.71 Å². The van der Waals surface area contributed by atoms with Gasteiger partial charge in [0.1, 0.15) is 5.75 Å². The van der Waals surface area contributed by atoms with E-state index in [-0.39, 0.29) is 0 Å². The average Bonchev–Trinajstić information content (AvgIpc) is 2.83. The molecule has 2 aliphatic carbocycles. The van der Waals surface area contributed by atoms with Crippen LogP contribution in [-0.2, 0) is 6.42 Å². The fourth-order valence-electron chi connectivity index (χ4n) is 3.35. The van der Waals surface area contributed by atoms with E-state index in [0.29, 0.717) is 6.10 Å². The summed E-state index contributed by atoms with van der Waals surface area (Å²) in [5, 5.41) is 12.4. The van der Waals surface area contributed by atoms with Crippen LogP contribution in [0.1, 0.15) is 50.2 Å². The van der Waals surface area contributed by atoms with Gasteiger partial charge < -0.3 is 9.94 Å². The lowest BCUT2D eigenvalue weighted by atomic mass is 9.88. The van der Waals surface area contributed by atoms with Crippen molar-refractivity contribution in [1.29, 1.82) is 0 Å². The van der Waals surface area contributed by atoms with E-state index in [4.69, 9.17) is 9.94 Å². The zero-order chi connectivity index (χ0) is 13.2. The summed E-state index contributed by atoms with van der Waals surface area (Å²) in [6, 6.07) is 6.07. The molecule has 2 aliphatic rings. The minimum absolute atomic E-state index is 0.352. The molecular formula is C16H21NO2. The fraction of sp³-hybridized carbons (Fsp3) is 0.562. The third-order valence-corrected chi connectivity index (χ3v) is 4.36. The van der Waals surface area contributed by atoms with Crippen LogP contribution < -0.4 is 4.74 Å². The lowest BCUT2D eigenvalue weighted by Crippen LogP contribution is -2.24. The first-order valence-corrected chi connectivity index (χ1v) is 7.27. The maximum absolute atomic E-state index is 9.01. The van der Waals surface area contributed by atoms with Crippen LogP contribution in [0.3, 0.4) is 0 Å². The van der Waals surface area contributed by atoms with E-state index in [1.165, 1.54) is 18.4 Å². The summed E-state index contributed by atoms with van der Waals surface area (Å²) in [6.45, 7) is 2.31. The Morgan fingerprint density at radius 3 is 2.95 bits per heavy atom. The molecule has 1 aromatic rings. The van der Waals surface area contributed by atoms with Gasteiger partial charge in [0.25, 0.3) is 0 Å². The van der Waals surface area contributed by atoms with Gasteiger partial charge in [0.05, 0.1) is 11.8 Å². The first-order chi connectivity index (χ1) is 9.28. The highest BCUT2D eigenvalue weighted by atomic mass is 16.5. The standard InChI is InChI=1S/C16H21NO2/c1-11-4-2-5-12(10-11)19-16-7-3-6-13-14(16)8-9-15(13)17-18/h3,6-7,11-12,18H,2,4-5,8-10H2,1H3. The molecule has 102 valence electrons. The summed E-state index contributed by atoms with van der Waals surface area (Å²) in [4.78, 5) is 0. The highest BCUT2D eigenvalue weighted by Crippen LogP contribution is 2.34. The minimum Gasteiger partial charge on any atom is -0.490 e. The highest BCUT2D eigenvalue weighted by Gasteiger charge is 2.25. The predicted molar refractivity (Wildman–Crippen MR) is 75.1 cm³/mol. The van der Waals surface area contributed by atoms with Crippen LogP contribution in [0.4, 0.5) is 0 Å². The van der Waals surface area contributed by atoms with E-state index >= 15 is 0 Å². The molecule has 0 amide bonds. The van der Waals surface area contributed by atoms with Crippen molar-refractivity contribution in [3.63, 3.8) is 0 Å². The monoisotopic (exact) mass is 259 g/mol. The van der Waals surface area contributed by atoms with E-state index in [9.17, 15) is 0 Å². The molecule has 1 aromatic carbocycles. The van der Waals surface area contributed by atoms with Crippen LogP contribution in [0.25, 0.3) is 0 Å². The van der Waals surface area contributed by atoms with Crippen LogP contribution in [-0.4, -0.2) is 17.0 Å². The summed E-state index contributed by atoms with van der Waals surface area (Å²) in [5.74, 6) is 1.76. The summed E-state index contributed by atoms with van der Waals surface area (Å²) < 4.78 is 6.22. The van der Waals surface area contributed by atoms with Gasteiger partial charge in [-0.2, -0.15) is 0 Å². The Hall–Kier alpha value is -1.51. The van der Waals surface area contributed by atoms with E-state index in [2.05, 4.69) is 18.1 Å². The van der Waals surface area contributed by atoms with Crippen molar-refractivity contribution in [1.82, 2.24) is 0 Å². The topological polar surface area (TPSA) is 41.8 Å². The molecule has 0 saturated heterocycles. The van der Waals surface area contributed by atoms with Gasteiger partial charge in [0.15, 0.2) is 0 Å². The predicted octanol–water partition coefficient (Wildman–Crippen LogP) is 3.77. The van der Waals surface area contributed by atoms with Crippen LogP contribution in [0.15, 0.2) is 23.4 Å². The molecule has 1 saturated carbocycles. The molecule has 3 rings (SSSR count). The molecule has 0 aliphatic heterocycles. The zero-order valence-electron chi connectivity index (χ0n) is 11.4. The lowest BCUT2D eigenvalue weighted by Gasteiger charge is -2.28. The smallest absolute Gasteiger partial charge is 0.123 e. The quantitative estimate of drug-likeness (QED) is 0.649. The number of rotatable bonds is 2. The summed E-state index contributed by atoms with van der Waals surface area (Å²) >= 11 is 0. The van der Waals surface area contributed by atoms with Gasteiger partial charge in [-0.25, -0.2) is 0 Å². The van der Waals surface area contributed by atoms with Gasteiger partial charge in [0.2, 0.25) is 0 Å². The van der Waals surface area contributed by atoms with Crippen molar-refractivity contribution in [3.8, 4) is 5.75 Å². The summed E-state index contributed by atoms with van der Waals surface area (Å²) in [7, 11) is 0.